The summed E-state index contributed by atoms with van der Waals surface area (Å²) in [6.07, 6.45) is 7.86. The Balaban J connectivity index is 1.39. The second-order valence-electron chi connectivity index (χ2n) is 11.5. The van der Waals surface area contributed by atoms with Crippen LogP contribution in [0.5, 0.6) is 5.75 Å². The van der Waals surface area contributed by atoms with E-state index in [1.165, 1.54) is 0 Å². The lowest BCUT2D eigenvalue weighted by Crippen LogP contribution is -2.42. The van der Waals surface area contributed by atoms with Gasteiger partial charge >= 0.3 is 6.09 Å². The molecule has 2 N–H and O–H groups in total. The van der Waals surface area contributed by atoms with E-state index in [0.29, 0.717) is 59.2 Å². The van der Waals surface area contributed by atoms with Crippen LogP contribution >= 0.6 is 11.6 Å². The highest BCUT2D eigenvalue weighted by molar-refractivity contribution is 6.47. The van der Waals surface area contributed by atoms with Crippen molar-refractivity contribution in [3.63, 3.8) is 0 Å². The van der Waals surface area contributed by atoms with E-state index in [0.717, 1.165) is 16.3 Å². The minimum Gasteiger partial charge on any atom is -0.484 e. The van der Waals surface area contributed by atoms with E-state index in [1.807, 2.05) is 77.5 Å². The van der Waals surface area contributed by atoms with Gasteiger partial charge in [-0.05, 0) is 58.9 Å². The second-order valence-corrected chi connectivity index (χ2v) is 11.9. The number of carbonyl (C=O) groups is 1. The molecule has 0 aliphatic carbocycles. The molecule has 220 valence electrons. The van der Waals surface area contributed by atoms with Crippen LogP contribution in [-0.2, 0) is 4.74 Å². The average Bonchev–Trinajstić information content (AvgIpc) is 3.33. The fourth-order valence-corrected chi connectivity index (χ4v) is 5.42. The van der Waals surface area contributed by atoms with Crippen molar-refractivity contribution >= 4 is 45.4 Å². The third-order valence-electron chi connectivity index (χ3n) is 7.21. The Labute approximate surface area is 250 Å². The van der Waals surface area contributed by atoms with E-state index in [9.17, 15) is 4.79 Å². The molecule has 1 amide bonds. The van der Waals surface area contributed by atoms with Crippen molar-refractivity contribution in [3.8, 4) is 5.75 Å². The molecule has 1 aliphatic heterocycles. The molecule has 1 fully saturated rings. The standard InChI is InChI=1S/C31H36ClN7O3/c1-19(36-23-10-12-38(13-11-23)30(40)42-31(3,4)5)28(37-33)22-14-27(29-26(32)17-35-39(29)18-22)41-20(2)25-16-34-15-21-8-6-7-9-24(21)25/h6-9,14-18,20,23H,10-13,33H2,1-5H3/b36-19?,37-28+. The highest BCUT2D eigenvalue weighted by atomic mass is 35.5. The Morgan fingerprint density at radius 2 is 1.90 bits per heavy atom. The van der Waals surface area contributed by atoms with Gasteiger partial charge in [-0.1, -0.05) is 35.9 Å². The first kappa shape index (κ1) is 29.3. The molecule has 5 rings (SSSR count). The molecule has 0 bridgehead atoms. The van der Waals surface area contributed by atoms with Crippen LogP contribution in [-0.4, -0.2) is 61.7 Å². The molecule has 4 aromatic rings. The summed E-state index contributed by atoms with van der Waals surface area (Å²) >= 11 is 6.54. The van der Waals surface area contributed by atoms with Crippen molar-refractivity contribution in [3.05, 3.63) is 71.3 Å². The number of pyridine rings is 2. The number of nitrogens with zero attached hydrogens (tertiary/aromatic N) is 6. The summed E-state index contributed by atoms with van der Waals surface area (Å²) in [7, 11) is 0. The molecule has 1 unspecified atom stereocenters. The van der Waals surface area contributed by atoms with Gasteiger partial charge in [0.25, 0.3) is 0 Å². The van der Waals surface area contributed by atoms with Gasteiger partial charge in [-0.15, -0.1) is 0 Å². The molecule has 1 aliphatic rings. The first-order valence-corrected chi connectivity index (χ1v) is 14.4. The van der Waals surface area contributed by atoms with Gasteiger partial charge < -0.3 is 20.2 Å². The molecule has 3 aromatic heterocycles. The number of carbonyl (C=O) groups excluding carboxylic acids is 1. The number of nitrogens with two attached hydrogens (primary N) is 1. The van der Waals surface area contributed by atoms with Crippen molar-refractivity contribution in [2.24, 2.45) is 15.9 Å². The van der Waals surface area contributed by atoms with Gasteiger partial charge in [0.15, 0.2) is 0 Å². The lowest BCUT2D eigenvalue weighted by molar-refractivity contribution is 0.0207. The molecule has 42 heavy (non-hydrogen) atoms. The van der Waals surface area contributed by atoms with Crippen LogP contribution in [0.4, 0.5) is 4.79 Å². The number of likely N-dealkylation sites (tertiary alicyclic amines) is 1. The van der Waals surface area contributed by atoms with Crippen molar-refractivity contribution in [2.75, 3.05) is 13.1 Å². The van der Waals surface area contributed by atoms with Gasteiger partial charge in [0.1, 0.15) is 28.7 Å². The number of amides is 1. The number of aliphatic imine (C=N–C) groups is 1. The van der Waals surface area contributed by atoms with Gasteiger partial charge in [0.2, 0.25) is 0 Å². The summed E-state index contributed by atoms with van der Waals surface area (Å²) < 4.78 is 13.7. The van der Waals surface area contributed by atoms with Gasteiger partial charge in [-0.2, -0.15) is 10.2 Å². The van der Waals surface area contributed by atoms with E-state index in [4.69, 9.17) is 31.9 Å². The fraction of sp³-hybridized carbons (Fsp3) is 0.387. The SMILES string of the molecule is CC(=NC1CCN(C(=O)OC(C)(C)C)CC1)/C(=N\N)c1cc(OC(C)c2cncc3ccccc23)c2c(Cl)cnn2c1. The maximum atomic E-state index is 12.5. The molecule has 1 saturated heterocycles. The molecular weight excluding hydrogens is 554 g/mol. The normalized spacial score (nSPS) is 16.2. The van der Waals surface area contributed by atoms with Gasteiger partial charge in [0, 0.05) is 48.2 Å². The molecule has 1 aromatic carbocycles. The second kappa shape index (κ2) is 12.0. The maximum Gasteiger partial charge on any atom is 0.410 e. The molecule has 0 saturated carbocycles. The van der Waals surface area contributed by atoms with Crippen LogP contribution in [0.3, 0.4) is 0 Å². The summed E-state index contributed by atoms with van der Waals surface area (Å²) in [6.45, 7) is 10.6. The van der Waals surface area contributed by atoms with Crippen molar-refractivity contribution < 1.29 is 14.3 Å². The number of fused-ring (bicyclic) bond motifs is 2. The molecule has 1 atom stereocenters. The highest BCUT2D eigenvalue weighted by Crippen LogP contribution is 2.34. The molecule has 10 nitrogen and oxygen atoms in total. The summed E-state index contributed by atoms with van der Waals surface area (Å²) in [5.41, 5.74) is 2.96. The lowest BCUT2D eigenvalue weighted by atomic mass is 10.0. The van der Waals surface area contributed by atoms with Crippen molar-refractivity contribution in [1.29, 1.82) is 0 Å². The Bertz CT molecular complexity index is 1660. The number of rotatable bonds is 6. The summed E-state index contributed by atoms with van der Waals surface area (Å²) in [6, 6.07) is 9.96. The van der Waals surface area contributed by atoms with Gasteiger partial charge in [-0.25, -0.2) is 9.31 Å². The van der Waals surface area contributed by atoms with Crippen molar-refractivity contribution in [1.82, 2.24) is 19.5 Å². The van der Waals surface area contributed by atoms with E-state index >= 15 is 0 Å². The Morgan fingerprint density at radius 1 is 1.17 bits per heavy atom. The monoisotopic (exact) mass is 589 g/mol. The quantitative estimate of drug-likeness (QED) is 0.162. The largest absolute Gasteiger partial charge is 0.484 e. The van der Waals surface area contributed by atoms with Crippen LogP contribution < -0.4 is 10.6 Å². The molecule has 11 heteroatoms. The van der Waals surface area contributed by atoms with E-state index in [2.05, 4.69) is 21.3 Å². The highest BCUT2D eigenvalue weighted by Gasteiger charge is 2.27. The zero-order valence-corrected chi connectivity index (χ0v) is 25.3. The first-order chi connectivity index (χ1) is 20.0. The van der Waals surface area contributed by atoms with E-state index in [1.54, 1.807) is 15.6 Å². The van der Waals surface area contributed by atoms with Crippen LogP contribution in [0.1, 0.15) is 64.7 Å². The van der Waals surface area contributed by atoms with Gasteiger partial charge in [-0.3, -0.25) is 9.98 Å². The number of hydrazone groups is 1. The first-order valence-electron chi connectivity index (χ1n) is 14.0. The van der Waals surface area contributed by atoms with Gasteiger partial charge in [0.05, 0.1) is 23.0 Å². The number of hydrogen-bond donors (Lipinski definition) is 1. The molecule has 0 spiro atoms. The van der Waals surface area contributed by atoms with Crippen molar-refractivity contribution in [2.45, 2.75) is 65.2 Å². The van der Waals surface area contributed by atoms with Crippen LogP contribution in [0, 0.1) is 0 Å². The van der Waals surface area contributed by atoms with Crippen LogP contribution in [0.15, 0.2) is 65.2 Å². The fourth-order valence-electron chi connectivity index (χ4n) is 5.20. The number of piperidine rings is 1. The average molecular weight is 590 g/mol. The van der Waals surface area contributed by atoms with Crippen LogP contribution in [0.25, 0.3) is 16.3 Å². The molecule has 0 radical (unpaired) electrons. The third-order valence-corrected chi connectivity index (χ3v) is 7.49. The Morgan fingerprint density at radius 3 is 2.62 bits per heavy atom. The summed E-state index contributed by atoms with van der Waals surface area (Å²) in [4.78, 5) is 23.5. The topological polar surface area (TPSA) is 120 Å². The minimum atomic E-state index is -0.527. The lowest BCUT2D eigenvalue weighted by Gasteiger charge is -2.32. The van der Waals surface area contributed by atoms with E-state index in [-0.39, 0.29) is 18.2 Å². The number of hydrogen-bond acceptors (Lipinski definition) is 8. The predicted octanol–water partition coefficient (Wildman–Crippen LogP) is 6.20. The minimum absolute atomic E-state index is 0.0259. The predicted molar refractivity (Wildman–Crippen MR) is 166 cm³/mol. The summed E-state index contributed by atoms with van der Waals surface area (Å²) in [5, 5.41) is 11.1. The molecular formula is C31H36ClN7O3. The van der Waals surface area contributed by atoms with E-state index < -0.39 is 5.60 Å². The van der Waals surface area contributed by atoms with Crippen LogP contribution in [0.2, 0.25) is 5.02 Å². The maximum absolute atomic E-state index is 12.5. The molecule has 4 heterocycles. The zero-order valence-electron chi connectivity index (χ0n) is 24.5. The number of benzene rings is 1. The zero-order chi connectivity index (χ0) is 30.0. The number of aromatic nitrogens is 3. The third kappa shape index (κ3) is 6.33. The number of ether oxygens (including phenoxy) is 2. The summed E-state index contributed by atoms with van der Waals surface area (Å²) in [5.74, 6) is 6.46. The smallest absolute Gasteiger partial charge is 0.410 e. The number of halogens is 1. The Hall–Kier alpha value is -4.18. The Kier molecular flexibility index (Phi) is 8.36.